The molecule has 1 aliphatic rings. The molecule has 2 N–H and O–H groups in total. The summed E-state index contributed by atoms with van der Waals surface area (Å²) in [5.74, 6) is -0.198. The third kappa shape index (κ3) is 2.66. The van der Waals surface area contributed by atoms with Gasteiger partial charge in [0.25, 0.3) is 0 Å². The van der Waals surface area contributed by atoms with Crippen molar-refractivity contribution in [1.82, 2.24) is 0 Å². The standard InChI is InChI=1S/C15H23FN2/c1-3-13-6-4-5-9-18(13)15-8-7-12(16)10-14(15)11(2)17/h7-8,10-11,13H,3-6,9,17H2,1-2H3/t11-,13?/m1/s1. The van der Waals surface area contributed by atoms with Crippen LogP contribution in [-0.4, -0.2) is 12.6 Å². The van der Waals surface area contributed by atoms with Crippen LogP contribution in [-0.2, 0) is 0 Å². The van der Waals surface area contributed by atoms with E-state index >= 15 is 0 Å². The first kappa shape index (κ1) is 13.3. The van der Waals surface area contributed by atoms with E-state index in [1.54, 1.807) is 12.1 Å². The molecule has 1 aromatic carbocycles. The maximum absolute atomic E-state index is 13.4. The molecule has 18 heavy (non-hydrogen) atoms. The molecular weight excluding hydrogens is 227 g/mol. The third-order valence-corrected chi connectivity index (χ3v) is 3.89. The van der Waals surface area contributed by atoms with Crippen LogP contribution in [0.4, 0.5) is 10.1 Å². The Morgan fingerprint density at radius 1 is 1.44 bits per heavy atom. The van der Waals surface area contributed by atoms with Crippen LogP contribution in [0.15, 0.2) is 18.2 Å². The fourth-order valence-corrected chi connectivity index (χ4v) is 2.89. The van der Waals surface area contributed by atoms with E-state index in [-0.39, 0.29) is 11.9 Å². The van der Waals surface area contributed by atoms with Crippen molar-refractivity contribution >= 4 is 5.69 Å². The van der Waals surface area contributed by atoms with Gasteiger partial charge in [0.2, 0.25) is 0 Å². The van der Waals surface area contributed by atoms with Gasteiger partial charge in [-0.3, -0.25) is 0 Å². The molecule has 0 bridgehead atoms. The van der Waals surface area contributed by atoms with Crippen LogP contribution in [0.25, 0.3) is 0 Å². The minimum absolute atomic E-state index is 0.130. The summed E-state index contributed by atoms with van der Waals surface area (Å²) in [5.41, 5.74) is 8.03. The van der Waals surface area contributed by atoms with Crippen LogP contribution in [0.1, 0.15) is 51.1 Å². The van der Waals surface area contributed by atoms with Crippen LogP contribution >= 0.6 is 0 Å². The first-order valence-electron chi connectivity index (χ1n) is 6.95. The number of anilines is 1. The van der Waals surface area contributed by atoms with Crippen molar-refractivity contribution in [2.24, 2.45) is 5.73 Å². The van der Waals surface area contributed by atoms with E-state index in [0.29, 0.717) is 6.04 Å². The molecule has 0 aliphatic carbocycles. The van der Waals surface area contributed by atoms with Crippen LogP contribution in [0.2, 0.25) is 0 Å². The third-order valence-electron chi connectivity index (χ3n) is 3.89. The van der Waals surface area contributed by atoms with Gasteiger partial charge in [0.05, 0.1) is 0 Å². The Morgan fingerprint density at radius 2 is 2.22 bits per heavy atom. The molecule has 100 valence electrons. The Morgan fingerprint density at radius 3 is 2.89 bits per heavy atom. The zero-order chi connectivity index (χ0) is 13.1. The highest BCUT2D eigenvalue weighted by molar-refractivity contribution is 5.56. The molecule has 2 nitrogen and oxygen atoms in total. The molecule has 3 heteroatoms. The average molecular weight is 250 g/mol. The minimum Gasteiger partial charge on any atom is -0.368 e. The summed E-state index contributed by atoms with van der Waals surface area (Å²) in [6.45, 7) is 5.20. The van der Waals surface area contributed by atoms with Gasteiger partial charge >= 0.3 is 0 Å². The molecule has 2 rings (SSSR count). The Kier molecular flexibility index (Phi) is 4.23. The summed E-state index contributed by atoms with van der Waals surface area (Å²) in [4.78, 5) is 2.42. The predicted octanol–water partition coefficient (Wildman–Crippen LogP) is 3.61. The zero-order valence-corrected chi connectivity index (χ0v) is 11.3. The largest absolute Gasteiger partial charge is 0.368 e. The SMILES string of the molecule is CCC1CCCCN1c1ccc(F)cc1[C@@H](C)N. The van der Waals surface area contributed by atoms with E-state index < -0.39 is 0 Å². The zero-order valence-electron chi connectivity index (χ0n) is 11.3. The first-order valence-corrected chi connectivity index (χ1v) is 6.95. The Bertz CT molecular complexity index is 403. The number of piperidine rings is 1. The van der Waals surface area contributed by atoms with Gasteiger partial charge in [-0.1, -0.05) is 6.92 Å². The highest BCUT2D eigenvalue weighted by atomic mass is 19.1. The lowest BCUT2D eigenvalue weighted by atomic mass is 9.96. The number of hydrogen-bond acceptors (Lipinski definition) is 2. The molecule has 0 aromatic heterocycles. The summed E-state index contributed by atoms with van der Waals surface area (Å²) in [6, 6.07) is 5.46. The number of benzene rings is 1. The van der Waals surface area contributed by atoms with Crippen molar-refractivity contribution in [3.63, 3.8) is 0 Å². The Labute approximate surface area is 109 Å². The molecule has 1 aliphatic heterocycles. The minimum atomic E-state index is -0.198. The molecule has 2 atom stereocenters. The quantitative estimate of drug-likeness (QED) is 0.888. The maximum atomic E-state index is 13.4. The van der Waals surface area contributed by atoms with Crippen molar-refractivity contribution in [2.45, 2.75) is 51.6 Å². The molecule has 0 radical (unpaired) electrons. The van der Waals surface area contributed by atoms with E-state index in [2.05, 4.69) is 11.8 Å². The second-order valence-corrected chi connectivity index (χ2v) is 5.24. The number of rotatable bonds is 3. The monoisotopic (exact) mass is 250 g/mol. The second-order valence-electron chi connectivity index (χ2n) is 5.24. The van der Waals surface area contributed by atoms with E-state index in [0.717, 1.165) is 24.2 Å². The first-order chi connectivity index (χ1) is 8.63. The van der Waals surface area contributed by atoms with Crippen LogP contribution in [0.5, 0.6) is 0 Å². The predicted molar refractivity (Wildman–Crippen MR) is 74.3 cm³/mol. The molecular formula is C15H23FN2. The number of halogens is 1. The van der Waals surface area contributed by atoms with E-state index in [4.69, 9.17) is 5.73 Å². The van der Waals surface area contributed by atoms with E-state index in [1.807, 2.05) is 13.0 Å². The van der Waals surface area contributed by atoms with Crippen molar-refractivity contribution in [2.75, 3.05) is 11.4 Å². The lowest BCUT2D eigenvalue weighted by molar-refractivity contribution is 0.448. The van der Waals surface area contributed by atoms with Gasteiger partial charge in [-0.2, -0.15) is 0 Å². The van der Waals surface area contributed by atoms with Crippen molar-refractivity contribution in [3.05, 3.63) is 29.6 Å². The molecule has 1 fully saturated rings. The van der Waals surface area contributed by atoms with Gasteiger partial charge in [-0.05, 0) is 56.4 Å². The topological polar surface area (TPSA) is 29.3 Å². The number of nitrogens with two attached hydrogens (primary N) is 1. The van der Waals surface area contributed by atoms with E-state index in [1.165, 1.54) is 19.3 Å². The lowest BCUT2D eigenvalue weighted by Gasteiger charge is -2.38. The average Bonchev–Trinajstić information content (AvgIpc) is 2.38. The second kappa shape index (κ2) is 5.70. The molecule has 0 amide bonds. The summed E-state index contributed by atoms with van der Waals surface area (Å²) in [7, 11) is 0. The summed E-state index contributed by atoms with van der Waals surface area (Å²) >= 11 is 0. The highest BCUT2D eigenvalue weighted by Crippen LogP contribution is 2.32. The molecule has 0 saturated carbocycles. The van der Waals surface area contributed by atoms with Crippen LogP contribution in [0.3, 0.4) is 0 Å². The van der Waals surface area contributed by atoms with Crippen molar-refractivity contribution in [1.29, 1.82) is 0 Å². The van der Waals surface area contributed by atoms with Gasteiger partial charge in [0, 0.05) is 24.3 Å². The maximum Gasteiger partial charge on any atom is 0.123 e. The fraction of sp³-hybridized carbons (Fsp3) is 0.600. The van der Waals surface area contributed by atoms with Gasteiger partial charge < -0.3 is 10.6 Å². The summed E-state index contributed by atoms with van der Waals surface area (Å²) in [6.07, 6.45) is 4.87. The molecule has 1 saturated heterocycles. The van der Waals surface area contributed by atoms with Gasteiger partial charge in [0.1, 0.15) is 5.82 Å². The van der Waals surface area contributed by atoms with Gasteiger partial charge in [-0.15, -0.1) is 0 Å². The fourth-order valence-electron chi connectivity index (χ4n) is 2.89. The van der Waals surface area contributed by atoms with Crippen molar-refractivity contribution in [3.8, 4) is 0 Å². The lowest BCUT2D eigenvalue weighted by Crippen LogP contribution is -2.40. The Hall–Kier alpha value is -1.09. The van der Waals surface area contributed by atoms with E-state index in [9.17, 15) is 4.39 Å². The molecule has 0 spiro atoms. The van der Waals surface area contributed by atoms with Gasteiger partial charge in [0.15, 0.2) is 0 Å². The highest BCUT2D eigenvalue weighted by Gasteiger charge is 2.23. The number of hydrogen-bond donors (Lipinski definition) is 1. The van der Waals surface area contributed by atoms with Crippen LogP contribution in [0, 0.1) is 5.82 Å². The summed E-state index contributed by atoms with van der Waals surface area (Å²) in [5, 5.41) is 0. The van der Waals surface area contributed by atoms with Gasteiger partial charge in [-0.25, -0.2) is 4.39 Å². The summed E-state index contributed by atoms with van der Waals surface area (Å²) < 4.78 is 13.4. The molecule has 1 aromatic rings. The molecule has 1 heterocycles. The van der Waals surface area contributed by atoms with Crippen LogP contribution < -0.4 is 10.6 Å². The Balaban J connectivity index is 2.36. The number of nitrogens with zero attached hydrogens (tertiary/aromatic N) is 1. The van der Waals surface area contributed by atoms with Crippen molar-refractivity contribution < 1.29 is 4.39 Å². The smallest absolute Gasteiger partial charge is 0.123 e. The molecule has 1 unspecified atom stereocenters. The normalized spacial score (nSPS) is 22.0.